The predicted molar refractivity (Wildman–Crippen MR) is 95.5 cm³/mol. The molecule has 25 heavy (non-hydrogen) atoms. The van der Waals surface area contributed by atoms with Crippen LogP contribution in [-0.2, 0) is 9.84 Å². The first-order valence-corrected chi connectivity index (χ1v) is 8.88. The van der Waals surface area contributed by atoms with Crippen LogP contribution < -0.4 is 14.8 Å². The van der Waals surface area contributed by atoms with Crippen LogP contribution in [0.5, 0.6) is 11.5 Å². The molecular formula is C17H15ClN2O4S. The highest BCUT2D eigenvalue weighted by molar-refractivity contribution is 7.95. The second-order valence-electron chi connectivity index (χ2n) is 4.79. The van der Waals surface area contributed by atoms with Crippen molar-refractivity contribution in [2.24, 2.45) is 0 Å². The molecule has 0 saturated carbocycles. The van der Waals surface area contributed by atoms with E-state index in [2.05, 4.69) is 5.32 Å². The number of benzene rings is 2. The molecule has 8 heteroatoms. The van der Waals surface area contributed by atoms with E-state index in [1.807, 2.05) is 0 Å². The second kappa shape index (κ2) is 7.92. The zero-order chi connectivity index (χ0) is 18.4. The van der Waals surface area contributed by atoms with Crippen LogP contribution in [0.15, 0.2) is 58.5 Å². The summed E-state index contributed by atoms with van der Waals surface area (Å²) in [6.07, 6.45) is 1.12. The summed E-state index contributed by atoms with van der Waals surface area (Å²) in [5.41, 5.74) is 0.517. The number of halogens is 1. The van der Waals surface area contributed by atoms with E-state index in [0.29, 0.717) is 22.2 Å². The molecule has 0 unspecified atom stereocenters. The molecule has 2 aromatic rings. The second-order valence-corrected chi connectivity index (χ2v) is 7.12. The van der Waals surface area contributed by atoms with Crippen LogP contribution in [0, 0.1) is 11.3 Å². The zero-order valence-corrected chi connectivity index (χ0v) is 15.1. The van der Waals surface area contributed by atoms with E-state index >= 15 is 0 Å². The standard InChI is InChI=1S/C17H15ClN2O4S/c1-23-13-4-6-14(7-5-13)25(21,22)15(10-19)11-20-12-3-8-17(24-2)16(18)9-12/h3-9,11,20H,1-2H3/b15-11+. The molecule has 0 atom stereocenters. The van der Waals surface area contributed by atoms with Crippen molar-refractivity contribution in [3.05, 3.63) is 58.6 Å². The summed E-state index contributed by atoms with van der Waals surface area (Å²) in [5.74, 6) is 1.01. The van der Waals surface area contributed by atoms with Gasteiger partial charge in [-0.25, -0.2) is 8.42 Å². The fourth-order valence-corrected chi connectivity index (χ4v) is 3.30. The summed E-state index contributed by atoms with van der Waals surface area (Å²) >= 11 is 6.01. The SMILES string of the molecule is COc1ccc(S(=O)(=O)/C(C#N)=C/Nc2ccc(OC)c(Cl)c2)cc1. The number of allylic oxidation sites excluding steroid dienone is 1. The molecule has 130 valence electrons. The first-order chi connectivity index (χ1) is 11.9. The number of rotatable bonds is 6. The van der Waals surface area contributed by atoms with Gasteiger partial charge in [0.25, 0.3) is 0 Å². The Balaban J connectivity index is 2.29. The lowest BCUT2D eigenvalue weighted by atomic mass is 10.3. The summed E-state index contributed by atoms with van der Waals surface area (Å²) < 4.78 is 35.1. The number of nitrogens with zero attached hydrogens (tertiary/aromatic N) is 1. The molecule has 2 aromatic carbocycles. The maximum absolute atomic E-state index is 12.5. The lowest BCUT2D eigenvalue weighted by Gasteiger charge is -2.07. The molecule has 0 aliphatic rings. The highest BCUT2D eigenvalue weighted by Gasteiger charge is 2.20. The minimum Gasteiger partial charge on any atom is -0.497 e. The molecule has 2 rings (SSSR count). The average Bonchev–Trinajstić information content (AvgIpc) is 2.62. The van der Waals surface area contributed by atoms with E-state index in [0.717, 1.165) is 6.20 Å². The van der Waals surface area contributed by atoms with E-state index in [-0.39, 0.29) is 4.90 Å². The number of anilines is 1. The van der Waals surface area contributed by atoms with Crippen LogP contribution in [0.2, 0.25) is 5.02 Å². The maximum atomic E-state index is 12.5. The molecule has 0 spiro atoms. The van der Waals surface area contributed by atoms with Crippen molar-refractivity contribution in [3.63, 3.8) is 0 Å². The van der Waals surface area contributed by atoms with Gasteiger partial charge in [0.2, 0.25) is 9.84 Å². The molecule has 0 amide bonds. The maximum Gasteiger partial charge on any atom is 0.218 e. The van der Waals surface area contributed by atoms with Crippen LogP contribution in [0.4, 0.5) is 5.69 Å². The summed E-state index contributed by atoms with van der Waals surface area (Å²) in [6.45, 7) is 0. The predicted octanol–water partition coefficient (Wildman–Crippen LogP) is 3.61. The Morgan fingerprint density at radius 3 is 2.36 bits per heavy atom. The van der Waals surface area contributed by atoms with Gasteiger partial charge in [-0.2, -0.15) is 5.26 Å². The minimum atomic E-state index is -3.94. The number of nitrogens with one attached hydrogen (secondary N) is 1. The molecule has 0 aromatic heterocycles. The first-order valence-electron chi connectivity index (χ1n) is 7.02. The quantitative estimate of drug-likeness (QED) is 0.772. The van der Waals surface area contributed by atoms with Gasteiger partial charge in [-0.3, -0.25) is 0 Å². The Morgan fingerprint density at radius 1 is 1.16 bits per heavy atom. The Labute approximate surface area is 151 Å². The average molecular weight is 379 g/mol. The largest absolute Gasteiger partial charge is 0.497 e. The molecule has 6 nitrogen and oxygen atoms in total. The Morgan fingerprint density at radius 2 is 1.84 bits per heavy atom. The van der Waals surface area contributed by atoms with Crippen LogP contribution in [0.25, 0.3) is 0 Å². The molecule has 0 saturated heterocycles. The highest BCUT2D eigenvalue weighted by atomic mass is 35.5. The van der Waals surface area contributed by atoms with Gasteiger partial charge in [-0.15, -0.1) is 0 Å². The van der Waals surface area contributed by atoms with E-state index in [1.54, 1.807) is 24.3 Å². The van der Waals surface area contributed by atoms with Crippen LogP contribution in [0.3, 0.4) is 0 Å². The van der Waals surface area contributed by atoms with Gasteiger partial charge in [-0.1, -0.05) is 11.6 Å². The third kappa shape index (κ3) is 4.24. The van der Waals surface area contributed by atoms with Gasteiger partial charge in [-0.05, 0) is 42.5 Å². The van der Waals surface area contributed by atoms with Gasteiger partial charge < -0.3 is 14.8 Å². The number of sulfone groups is 1. The lowest BCUT2D eigenvalue weighted by Crippen LogP contribution is -2.05. The van der Waals surface area contributed by atoms with Gasteiger partial charge in [0.1, 0.15) is 17.6 Å². The Bertz CT molecular complexity index is 932. The number of methoxy groups -OCH3 is 2. The van der Waals surface area contributed by atoms with Gasteiger partial charge in [0.05, 0.1) is 24.1 Å². The van der Waals surface area contributed by atoms with Gasteiger partial charge in [0.15, 0.2) is 4.91 Å². The van der Waals surface area contributed by atoms with E-state index < -0.39 is 14.7 Å². The molecule has 0 fully saturated rings. The van der Waals surface area contributed by atoms with Crippen molar-refractivity contribution in [2.45, 2.75) is 4.90 Å². The number of ether oxygens (including phenoxy) is 2. The van der Waals surface area contributed by atoms with Crippen molar-refractivity contribution >= 4 is 27.1 Å². The summed E-state index contributed by atoms with van der Waals surface area (Å²) in [6, 6.07) is 12.3. The number of nitriles is 1. The van der Waals surface area contributed by atoms with Crippen molar-refractivity contribution in [1.82, 2.24) is 0 Å². The van der Waals surface area contributed by atoms with Crippen molar-refractivity contribution in [2.75, 3.05) is 19.5 Å². The fourth-order valence-electron chi connectivity index (χ4n) is 1.96. The topological polar surface area (TPSA) is 88.4 Å². The Kier molecular flexibility index (Phi) is 5.91. The van der Waals surface area contributed by atoms with E-state index in [1.165, 1.54) is 38.5 Å². The van der Waals surface area contributed by atoms with Crippen LogP contribution >= 0.6 is 11.6 Å². The molecule has 1 N–H and O–H groups in total. The molecule has 0 aliphatic carbocycles. The summed E-state index contributed by atoms with van der Waals surface area (Å²) in [4.78, 5) is -0.430. The highest BCUT2D eigenvalue weighted by Crippen LogP contribution is 2.28. The summed E-state index contributed by atoms with van der Waals surface area (Å²) in [7, 11) is -0.975. The minimum absolute atomic E-state index is 0.00402. The van der Waals surface area contributed by atoms with E-state index in [4.69, 9.17) is 21.1 Å². The van der Waals surface area contributed by atoms with Gasteiger partial charge in [0, 0.05) is 11.9 Å². The first kappa shape index (κ1) is 18.6. The van der Waals surface area contributed by atoms with Crippen LogP contribution in [0.1, 0.15) is 0 Å². The molecule has 0 heterocycles. The monoisotopic (exact) mass is 378 g/mol. The van der Waals surface area contributed by atoms with Crippen molar-refractivity contribution < 1.29 is 17.9 Å². The molecule has 0 radical (unpaired) electrons. The molecule has 0 bridgehead atoms. The van der Waals surface area contributed by atoms with Crippen LogP contribution in [-0.4, -0.2) is 22.6 Å². The molecular weight excluding hydrogens is 364 g/mol. The molecule has 0 aliphatic heterocycles. The van der Waals surface area contributed by atoms with Crippen molar-refractivity contribution in [1.29, 1.82) is 5.26 Å². The smallest absolute Gasteiger partial charge is 0.218 e. The lowest BCUT2D eigenvalue weighted by molar-refractivity contribution is 0.414. The van der Waals surface area contributed by atoms with Crippen molar-refractivity contribution in [3.8, 4) is 17.6 Å². The number of hydrogen-bond acceptors (Lipinski definition) is 6. The normalized spacial score (nSPS) is 11.5. The zero-order valence-electron chi connectivity index (χ0n) is 13.5. The van der Waals surface area contributed by atoms with Gasteiger partial charge >= 0.3 is 0 Å². The summed E-state index contributed by atoms with van der Waals surface area (Å²) in [5, 5.41) is 12.3. The third-order valence-corrected chi connectivity index (χ3v) is 5.27. The fraction of sp³-hybridized carbons (Fsp3) is 0.118. The number of hydrogen-bond donors (Lipinski definition) is 1. The Hall–Kier alpha value is -2.69. The third-order valence-electron chi connectivity index (χ3n) is 3.29. The van der Waals surface area contributed by atoms with E-state index in [9.17, 15) is 13.7 Å².